The summed E-state index contributed by atoms with van der Waals surface area (Å²) in [6, 6.07) is 7.36. The Morgan fingerprint density at radius 3 is 2.62 bits per heavy atom. The smallest absolute Gasteiger partial charge is 0.170 e. The number of ether oxygens (including phenoxy) is 1. The van der Waals surface area contributed by atoms with Crippen molar-refractivity contribution in [2.24, 2.45) is 0 Å². The highest BCUT2D eigenvalue weighted by Crippen LogP contribution is 2.21. The average Bonchev–Trinajstić information content (AvgIpc) is 2.70. The topological polar surface area (TPSA) is 12.5 Å². The van der Waals surface area contributed by atoms with Crippen LogP contribution in [0.5, 0.6) is 5.75 Å². The predicted molar refractivity (Wildman–Crippen MR) is 70.5 cm³/mol. The van der Waals surface area contributed by atoms with Gasteiger partial charge in [0.25, 0.3) is 0 Å². The molecule has 16 heavy (non-hydrogen) atoms. The van der Waals surface area contributed by atoms with E-state index in [9.17, 15) is 0 Å². The highest BCUT2D eigenvalue weighted by atomic mass is 35.5. The fourth-order valence-corrected chi connectivity index (χ4v) is 2.14. The van der Waals surface area contributed by atoms with Gasteiger partial charge < -0.3 is 9.64 Å². The maximum atomic E-state index is 5.79. The van der Waals surface area contributed by atoms with E-state index in [0.29, 0.717) is 9.47 Å². The van der Waals surface area contributed by atoms with E-state index in [0.717, 1.165) is 25.3 Å². The summed E-state index contributed by atoms with van der Waals surface area (Å²) in [7, 11) is 0. The molecule has 5 heteroatoms. The molecule has 0 amide bonds. The molecule has 1 aliphatic heterocycles. The summed E-state index contributed by atoms with van der Waals surface area (Å²) < 4.78 is 6.21. The molecule has 0 aliphatic carbocycles. The maximum Gasteiger partial charge on any atom is 0.170 e. The van der Waals surface area contributed by atoms with Crippen molar-refractivity contribution in [3.8, 4) is 5.75 Å². The molecule has 0 saturated carbocycles. The van der Waals surface area contributed by atoms with Gasteiger partial charge in [-0.1, -0.05) is 23.2 Å². The van der Waals surface area contributed by atoms with E-state index in [1.165, 1.54) is 0 Å². The van der Waals surface area contributed by atoms with Crippen LogP contribution in [0.4, 0.5) is 0 Å². The van der Waals surface area contributed by atoms with Crippen molar-refractivity contribution in [3.05, 3.63) is 29.3 Å². The minimum absolute atomic E-state index is 0.151. The van der Waals surface area contributed by atoms with Gasteiger partial charge >= 0.3 is 0 Å². The van der Waals surface area contributed by atoms with Gasteiger partial charge in [-0.05, 0) is 36.5 Å². The molecule has 1 unspecified atom stereocenters. The van der Waals surface area contributed by atoms with E-state index in [-0.39, 0.29) is 6.10 Å². The number of likely N-dealkylation sites (tertiary alicyclic amines) is 1. The maximum absolute atomic E-state index is 5.79. The first-order valence-corrected chi connectivity index (χ1v) is 6.18. The molecule has 0 bridgehead atoms. The normalized spacial score (nSPS) is 19.9. The Kier molecular flexibility index (Phi) is 3.90. The molecule has 0 spiro atoms. The van der Waals surface area contributed by atoms with Crippen molar-refractivity contribution >= 4 is 39.9 Å². The standard InChI is InChI=1S/C11H11Cl2NOS/c12-8-1-3-9(4-2-8)15-10-5-6-14(7-10)11(13)16/h1-4,10H,5-7H2. The molecule has 0 radical (unpaired) electrons. The fraction of sp³-hybridized carbons (Fsp3) is 0.364. The van der Waals surface area contributed by atoms with Crippen molar-refractivity contribution in [2.45, 2.75) is 12.5 Å². The minimum Gasteiger partial charge on any atom is -0.489 e. The quantitative estimate of drug-likeness (QED) is 0.467. The van der Waals surface area contributed by atoms with Crippen LogP contribution in [0.1, 0.15) is 6.42 Å². The van der Waals surface area contributed by atoms with Crippen molar-refractivity contribution in [2.75, 3.05) is 13.1 Å². The van der Waals surface area contributed by atoms with E-state index in [4.69, 9.17) is 40.2 Å². The van der Waals surface area contributed by atoms with Crippen LogP contribution in [0.3, 0.4) is 0 Å². The van der Waals surface area contributed by atoms with Crippen molar-refractivity contribution in [1.82, 2.24) is 4.90 Å². The molecule has 86 valence electrons. The van der Waals surface area contributed by atoms with Crippen LogP contribution in [0.15, 0.2) is 24.3 Å². The average molecular weight is 276 g/mol. The van der Waals surface area contributed by atoms with E-state index in [2.05, 4.69) is 0 Å². The Labute approximate surface area is 110 Å². The largest absolute Gasteiger partial charge is 0.489 e. The lowest BCUT2D eigenvalue weighted by Crippen LogP contribution is -2.26. The van der Waals surface area contributed by atoms with E-state index in [1.54, 1.807) is 0 Å². The molecule has 1 aromatic carbocycles. The highest BCUT2D eigenvalue weighted by Gasteiger charge is 2.24. The van der Waals surface area contributed by atoms with Crippen LogP contribution in [-0.2, 0) is 0 Å². The zero-order chi connectivity index (χ0) is 11.5. The van der Waals surface area contributed by atoms with Gasteiger partial charge in [0.05, 0.1) is 6.54 Å². The van der Waals surface area contributed by atoms with Gasteiger partial charge in [-0.3, -0.25) is 0 Å². The number of hydrogen-bond donors (Lipinski definition) is 0. The minimum atomic E-state index is 0.151. The van der Waals surface area contributed by atoms with Crippen LogP contribution < -0.4 is 4.74 Å². The molecule has 1 atom stereocenters. The zero-order valence-corrected chi connectivity index (χ0v) is 10.9. The Morgan fingerprint density at radius 1 is 1.38 bits per heavy atom. The Hall–Kier alpha value is -0.510. The van der Waals surface area contributed by atoms with Gasteiger partial charge in [0, 0.05) is 18.0 Å². The Bertz CT molecular complexity index is 382. The van der Waals surface area contributed by atoms with Gasteiger partial charge in [-0.25, -0.2) is 0 Å². The summed E-state index contributed by atoms with van der Waals surface area (Å²) >= 11 is 16.5. The van der Waals surface area contributed by atoms with E-state index < -0.39 is 0 Å². The van der Waals surface area contributed by atoms with Crippen molar-refractivity contribution in [3.63, 3.8) is 0 Å². The van der Waals surface area contributed by atoms with Gasteiger partial charge in [-0.15, -0.1) is 0 Å². The number of hydrogen-bond acceptors (Lipinski definition) is 2. The molecule has 0 N–H and O–H groups in total. The molecule has 1 aliphatic rings. The second kappa shape index (κ2) is 5.21. The Morgan fingerprint density at radius 2 is 2.06 bits per heavy atom. The molecule has 1 heterocycles. The van der Waals surface area contributed by atoms with Crippen LogP contribution >= 0.6 is 35.4 Å². The van der Waals surface area contributed by atoms with Gasteiger partial charge in [0.2, 0.25) is 0 Å². The van der Waals surface area contributed by atoms with E-state index >= 15 is 0 Å². The summed E-state index contributed by atoms with van der Waals surface area (Å²) in [5.74, 6) is 0.830. The predicted octanol–water partition coefficient (Wildman–Crippen LogP) is 3.32. The lowest BCUT2D eigenvalue weighted by atomic mass is 10.3. The Balaban J connectivity index is 1.92. The number of rotatable bonds is 2. The molecule has 0 aromatic heterocycles. The number of halogens is 2. The monoisotopic (exact) mass is 275 g/mol. The highest BCUT2D eigenvalue weighted by molar-refractivity contribution is 7.83. The second-order valence-electron chi connectivity index (χ2n) is 3.68. The lowest BCUT2D eigenvalue weighted by molar-refractivity contribution is 0.215. The molecule has 1 aromatic rings. The van der Waals surface area contributed by atoms with Crippen LogP contribution in [0.25, 0.3) is 0 Å². The number of thiocarbonyl (C=S) groups is 1. The zero-order valence-electron chi connectivity index (χ0n) is 8.53. The van der Waals surface area contributed by atoms with Gasteiger partial charge in [0.15, 0.2) is 4.45 Å². The SMILES string of the molecule is S=C(Cl)N1CCC(Oc2ccc(Cl)cc2)C1. The molecular formula is C11H11Cl2NOS. The third kappa shape index (κ3) is 3.00. The summed E-state index contributed by atoms with van der Waals surface area (Å²) in [6.07, 6.45) is 1.09. The van der Waals surface area contributed by atoms with Gasteiger partial charge in [0.1, 0.15) is 11.9 Å². The second-order valence-corrected chi connectivity index (χ2v) is 5.09. The van der Waals surface area contributed by atoms with Crippen LogP contribution in [0.2, 0.25) is 5.02 Å². The molecule has 1 saturated heterocycles. The van der Waals surface area contributed by atoms with Gasteiger partial charge in [-0.2, -0.15) is 0 Å². The summed E-state index contributed by atoms with van der Waals surface area (Å²) in [6.45, 7) is 1.62. The fourth-order valence-electron chi connectivity index (χ4n) is 1.69. The first kappa shape index (κ1) is 12.0. The molecule has 2 nitrogen and oxygen atoms in total. The summed E-state index contributed by atoms with van der Waals surface area (Å²) in [4.78, 5) is 1.94. The lowest BCUT2D eigenvalue weighted by Gasteiger charge is -2.16. The third-order valence-electron chi connectivity index (χ3n) is 2.51. The molecule has 2 rings (SSSR count). The molecular weight excluding hydrogens is 265 g/mol. The first-order valence-electron chi connectivity index (χ1n) is 5.02. The van der Waals surface area contributed by atoms with E-state index in [1.807, 2.05) is 29.2 Å². The first-order chi connectivity index (χ1) is 7.65. The van der Waals surface area contributed by atoms with Crippen molar-refractivity contribution < 1.29 is 4.74 Å². The summed E-state index contributed by atoms with van der Waals surface area (Å²) in [5.41, 5.74) is 0. The van der Waals surface area contributed by atoms with Crippen LogP contribution in [-0.4, -0.2) is 28.5 Å². The molecule has 1 fully saturated rings. The van der Waals surface area contributed by atoms with Crippen LogP contribution in [0, 0.1) is 0 Å². The van der Waals surface area contributed by atoms with Crippen molar-refractivity contribution in [1.29, 1.82) is 0 Å². The summed E-state index contributed by atoms with van der Waals surface area (Å²) in [5, 5.41) is 0.710. The number of nitrogens with zero attached hydrogens (tertiary/aromatic N) is 1. The number of benzene rings is 1. The third-order valence-corrected chi connectivity index (χ3v) is 3.26.